The van der Waals surface area contributed by atoms with Gasteiger partial charge in [0.15, 0.2) is 0 Å². The third-order valence-electron chi connectivity index (χ3n) is 2.18. The summed E-state index contributed by atoms with van der Waals surface area (Å²) in [6, 6.07) is 4.18. The lowest BCUT2D eigenvalue weighted by molar-refractivity contribution is -0.142. The highest BCUT2D eigenvalue weighted by Gasteiger charge is 2.23. The van der Waals surface area contributed by atoms with Crippen LogP contribution in [0.4, 0.5) is 8.78 Å². The zero-order valence-corrected chi connectivity index (χ0v) is 7.50. The number of aromatic amines is 1. The van der Waals surface area contributed by atoms with E-state index in [-0.39, 0.29) is 10.9 Å². The second-order valence-corrected chi connectivity index (χ2v) is 3.11. The van der Waals surface area contributed by atoms with E-state index >= 15 is 0 Å². The van der Waals surface area contributed by atoms with E-state index in [1.807, 2.05) is 0 Å². The van der Waals surface area contributed by atoms with Crippen LogP contribution in [0.2, 0.25) is 0 Å². The molecule has 0 amide bonds. The van der Waals surface area contributed by atoms with Crippen molar-refractivity contribution >= 4 is 16.9 Å². The molecule has 1 unspecified atom stereocenters. The van der Waals surface area contributed by atoms with Crippen LogP contribution in [0.5, 0.6) is 0 Å². The number of aromatic nitrogens is 1. The van der Waals surface area contributed by atoms with Crippen molar-refractivity contribution in [1.29, 1.82) is 0 Å². The lowest BCUT2D eigenvalue weighted by atomic mass is 10.1. The van der Waals surface area contributed by atoms with Crippen LogP contribution in [0.1, 0.15) is 11.7 Å². The van der Waals surface area contributed by atoms with E-state index in [9.17, 15) is 13.6 Å². The van der Waals surface area contributed by atoms with Crippen molar-refractivity contribution in [1.82, 2.24) is 4.98 Å². The molecule has 15 heavy (non-hydrogen) atoms. The fourth-order valence-corrected chi connectivity index (χ4v) is 1.50. The van der Waals surface area contributed by atoms with Crippen LogP contribution in [0.25, 0.3) is 10.9 Å². The van der Waals surface area contributed by atoms with Gasteiger partial charge in [-0.25, -0.2) is 13.6 Å². The van der Waals surface area contributed by atoms with Gasteiger partial charge >= 0.3 is 5.97 Å². The molecular formula is C10H7F2NO2. The summed E-state index contributed by atoms with van der Waals surface area (Å²) in [5, 5.41) is 8.49. The summed E-state index contributed by atoms with van der Waals surface area (Å²) in [7, 11) is 0. The van der Waals surface area contributed by atoms with E-state index in [0.717, 1.165) is 6.07 Å². The van der Waals surface area contributed by atoms with Crippen LogP contribution in [0, 0.1) is 5.82 Å². The van der Waals surface area contributed by atoms with Gasteiger partial charge in [-0.15, -0.1) is 0 Å². The number of nitrogens with one attached hydrogen (secondary N) is 1. The molecule has 1 aromatic heterocycles. The number of fused-ring (bicyclic) bond motifs is 1. The normalized spacial score (nSPS) is 12.9. The highest BCUT2D eigenvalue weighted by atomic mass is 19.1. The molecule has 1 heterocycles. The van der Waals surface area contributed by atoms with Gasteiger partial charge in [0.25, 0.3) is 0 Å². The summed E-state index contributed by atoms with van der Waals surface area (Å²) >= 11 is 0. The zero-order valence-electron chi connectivity index (χ0n) is 7.50. The Labute approximate surface area is 83.3 Å². The minimum Gasteiger partial charge on any atom is -0.479 e. The smallest absolute Gasteiger partial charge is 0.343 e. The fourth-order valence-electron chi connectivity index (χ4n) is 1.50. The van der Waals surface area contributed by atoms with Crippen LogP contribution in [-0.4, -0.2) is 16.1 Å². The summed E-state index contributed by atoms with van der Waals surface area (Å²) < 4.78 is 26.5. The maximum absolute atomic E-state index is 13.3. The van der Waals surface area contributed by atoms with Crippen LogP contribution in [0.15, 0.2) is 24.4 Å². The number of halogens is 2. The molecule has 2 N–H and O–H groups in total. The van der Waals surface area contributed by atoms with E-state index in [0.29, 0.717) is 5.52 Å². The highest BCUT2D eigenvalue weighted by molar-refractivity contribution is 5.88. The van der Waals surface area contributed by atoms with Crippen LogP contribution < -0.4 is 0 Å². The summed E-state index contributed by atoms with van der Waals surface area (Å²) in [5.41, 5.74) is 0.199. The van der Waals surface area contributed by atoms with Gasteiger partial charge in [0.2, 0.25) is 6.17 Å². The molecule has 5 heteroatoms. The van der Waals surface area contributed by atoms with Crippen molar-refractivity contribution in [2.75, 3.05) is 0 Å². The van der Waals surface area contributed by atoms with Crippen molar-refractivity contribution in [2.45, 2.75) is 6.17 Å². The van der Waals surface area contributed by atoms with Crippen LogP contribution >= 0.6 is 0 Å². The number of carboxylic acid groups (broad SMARTS) is 1. The molecule has 0 radical (unpaired) electrons. The lowest BCUT2D eigenvalue weighted by Gasteiger charge is -2.01. The number of aliphatic carboxylic acids is 1. The first-order valence-corrected chi connectivity index (χ1v) is 4.23. The van der Waals surface area contributed by atoms with E-state index in [1.54, 1.807) is 6.07 Å². The molecule has 2 rings (SSSR count). The summed E-state index contributed by atoms with van der Waals surface area (Å²) in [4.78, 5) is 13.1. The number of benzene rings is 1. The molecule has 0 bridgehead atoms. The maximum Gasteiger partial charge on any atom is 0.343 e. The van der Waals surface area contributed by atoms with Crippen molar-refractivity contribution in [3.05, 3.63) is 35.8 Å². The standard InChI is InChI=1S/C10H7F2NO2/c11-6-2-1-3-7-8(6)5(4-13-7)9(12)10(14)15/h1-4,9,13H,(H,14,15). The second-order valence-electron chi connectivity index (χ2n) is 3.11. The number of hydrogen-bond donors (Lipinski definition) is 2. The lowest BCUT2D eigenvalue weighted by Crippen LogP contribution is -2.05. The first-order valence-electron chi connectivity index (χ1n) is 4.23. The quantitative estimate of drug-likeness (QED) is 0.801. The number of rotatable bonds is 2. The minimum absolute atomic E-state index is 0.00704. The molecule has 0 aliphatic carbocycles. The topological polar surface area (TPSA) is 53.1 Å². The molecule has 0 spiro atoms. The average Bonchev–Trinajstić information content (AvgIpc) is 2.61. The monoisotopic (exact) mass is 211 g/mol. The average molecular weight is 211 g/mol. The van der Waals surface area contributed by atoms with E-state index in [2.05, 4.69) is 4.98 Å². The van der Waals surface area contributed by atoms with Gasteiger partial charge in [-0.1, -0.05) is 6.07 Å². The van der Waals surface area contributed by atoms with Gasteiger partial charge in [0.05, 0.1) is 0 Å². The summed E-state index contributed by atoms with van der Waals surface area (Å²) in [5.74, 6) is -2.26. The van der Waals surface area contributed by atoms with Crippen LogP contribution in [-0.2, 0) is 4.79 Å². The molecule has 0 fully saturated rings. The molecule has 0 aliphatic heterocycles. The number of H-pyrrole nitrogens is 1. The van der Waals surface area contributed by atoms with E-state index < -0.39 is 18.0 Å². The van der Waals surface area contributed by atoms with Crippen molar-refractivity contribution in [2.24, 2.45) is 0 Å². The Hall–Kier alpha value is -1.91. The molecule has 78 valence electrons. The summed E-state index contributed by atoms with van der Waals surface area (Å²) in [6.07, 6.45) is -1.04. The number of alkyl halides is 1. The summed E-state index contributed by atoms with van der Waals surface area (Å²) in [6.45, 7) is 0. The number of carbonyl (C=O) groups is 1. The molecule has 2 aromatic rings. The molecule has 0 saturated heterocycles. The molecule has 1 aromatic carbocycles. The fraction of sp³-hybridized carbons (Fsp3) is 0.100. The van der Waals surface area contributed by atoms with Crippen molar-refractivity contribution in [3.8, 4) is 0 Å². The molecule has 0 saturated carbocycles. The van der Waals surface area contributed by atoms with Gasteiger partial charge in [-0.05, 0) is 12.1 Å². The Morgan fingerprint density at radius 2 is 2.20 bits per heavy atom. The predicted molar refractivity (Wildman–Crippen MR) is 49.7 cm³/mol. The van der Waals surface area contributed by atoms with Gasteiger partial charge in [-0.3, -0.25) is 0 Å². The SMILES string of the molecule is O=C(O)C(F)c1c[nH]c2cccc(F)c12. The van der Waals surface area contributed by atoms with E-state index in [4.69, 9.17) is 5.11 Å². The molecule has 1 atom stereocenters. The predicted octanol–water partition coefficient (Wildman–Crippen LogP) is 2.40. The van der Waals surface area contributed by atoms with Gasteiger partial charge in [0.1, 0.15) is 5.82 Å². The van der Waals surface area contributed by atoms with Gasteiger partial charge < -0.3 is 10.1 Å². The van der Waals surface area contributed by atoms with Crippen LogP contribution in [0.3, 0.4) is 0 Å². The largest absolute Gasteiger partial charge is 0.479 e. The Kier molecular flexibility index (Phi) is 2.15. The Morgan fingerprint density at radius 3 is 2.87 bits per heavy atom. The third kappa shape index (κ3) is 1.45. The van der Waals surface area contributed by atoms with Gasteiger partial charge in [0, 0.05) is 22.7 Å². The second kappa shape index (κ2) is 3.34. The Balaban J connectivity index is 2.67. The third-order valence-corrected chi connectivity index (χ3v) is 2.18. The van der Waals surface area contributed by atoms with Crippen molar-refractivity contribution in [3.63, 3.8) is 0 Å². The minimum atomic E-state index is -2.21. The highest BCUT2D eigenvalue weighted by Crippen LogP contribution is 2.28. The maximum atomic E-state index is 13.3. The zero-order chi connectivity index (χ0) is 11.0. The number of hydrogen-bond acceptors (Lipinski definition) is 1. The van der Waals surface area contributed by atoms with E-state index in [1.165, 1.54) is 12.3 Å². The van der Waals surface area contributed by atoms with Crippen molar-refractivity contribution < 1.29 is 18.7 Å². The first-order chi connectivity index (χ1) is 7.11. The molecular weight excluding hydrogens is 204 g/mol. The number of carboxylic acids is 1. The molecule has 0 aliphatic rings. The Morgan fingerprint density at radius 1 is 1.47 bits per heavy atom. The molecule has 3 nitrogen and oxygen atoms in total. The first kappa shape index (κ1) is 9.64. The van der Waals surface area contributed by atoms with Gasteiger partial charge in [-0.2, -0.15) is 0 Å². The Bertz CT molecular complexity index is 521.